The highest BCUT2D eigenvalue weighted by atomic mass is 32.2. The van der Waals surface area contributed by atoms with E-state index in [9.17, 15) is 19.5 Å². The van der Waals surface area contributed by atoms with Gasteiger partial charge >= 0.3 is 0 Å². The Morgan fingerprint density at radius 3 is 2.46 bits per heavy atom. The Morgan fingerprint density at radius 1 is 1.18 bits per heavy atom. The smallest absolute Gasteiger partial charge is 0.240 e. The van der Waals surface area contributed by atoms with Gasteiger partial charge in [-0.3, -0.25) is 9.59 Å². The average Bonchev–Trinajstić information content (AvgIpc) is 3.01. The summed E-state index contributed by atoms with van der Waals surface area (Å²) >= 11 is 1.15. The average molecular weight is 398 g/mol. The van der Waals surface area contributed by atoms with Gasteiger partial charge in [0.25, 0.3) is 0 Å². The second-order valence-electron chi connectivity index (χ2n) is 5.83. The lowest BCUT2D eigenvalue weighted by atomic mass is 10.2. The standard InChI is InChI=1S/C19H17N3O5S/c1-27-14-8-6-12(7-9-14)20-16(23)10-15-17(24)22-19(28-15)21-13-4-2-11(3-5-13)18(25)26/h2-9,15H,10H2,1H3,(H,20,23)(H,25,26)(H,21,22,24)/p-1/t15-/m1/s1. The highest BCUT2D eigenvalue weighted by molar-refractivity contribution is 8.15. The molecule has 0 radical (unpaired) electrons. The van der Waals surface area contributed by atoms with Crippen molar-refractivity contribution >= 4 is 46.1 Å². The van der Waals surface area contributed by atoms with Crippen LogP contribution in [0.15, 0.2) is 53.5 Å². The summed E-state index contributed by atoms with van der Waals surface area (Å²) in [4.78, 5) is 39.3. The predicted molar refractivity (Wildman–Crippen MR) is 104 cm³/mol. The van der Waals surface area contributed by atoms with Crippen LogP contribution in [0.1, 0.15) is 16.8 Å². The van der Waals surface area contributed by atoms with Crippen molar-refractivity contribution in [2.75, 3.05) is 12.4 Å². The first-order chi connectivity index (χ1) is 13.4. The lowest BCUT2D eigenvalue weighted by Crippen LogP contribution is -2.28. The number of nitrogens with zero attached hydrogens (tertiary/aromatic N) is 1. The molecule has 2 aromatic carbocycles. The number of carbonyl (C=O) groups is 3. The molecule has 0 aromatic heterocycles. The first-order valence-electron chi connectivity index (χ1n) is 8.26. The van der Waals surface area contributed by atoms with Crippen LogP contribution in [-0.4, -0.2) is 35.3 Å². The number of thioether (sulfide) groups is 1. The Kier molecular flexibility index (Phi) is 5.95. The zero-order chi connectivity index (χ0) is 20.1. The molecule has 2 aromatic rings. The second-order valence-corrected chi connectivity index (χ2v) is 7.02. The van der Waals surface area contributed by atoms with E-state index in [1.165, 1.54) is 24.3 Å². The maximum atomic E-state index is 12.2. The van der Waals surface area contributed by atoms with Crippen molar-refractivity contribution < 1.29 is 24.2 Å². The van der Waals surface area contributed by atoms with Crippen LogP contribution in [0.25, 0.3) is 0 Å². The number of amides is 2. The number of aliphatic imine (C=N–C) groups is 1. The fourth-order valence-corrected chi connectivity index (χ4v) is 3.42. The third-order valence-corrected chi connectivity index (χ3v) is 4.94. The fourth-order valence-electron chi connectivity index (χ4n) is 2.44. The molecular weight excluding hydrogens is 382 g/mol. The monoisotopic (exact) mass is 398 g/mol. The molecule has 1 fully saturated rings. The largest absolute Gasteiger partial charge is 0.545 e. The number of nitrogens with one attached hydrogen (secondary N) is 2. The van der Waals surface area contributed by atoms with Crippen LogP contribution in [-0.2, 0) is 9.59 Å². The quantitative estimate of drug-likeness (QED) is 0.757. The molecule has 0 spiro atoms. The number of hydrogen-bond acceptors (Lipinski definition) is 7. The third-order valence-electron chi connectivity index (χ3n) is 3.85. The van der Waals surface area contributed by atoms with Crippen molar-refractivity contribution in [1.82, 2.24) is 5.32 Å². The van der Waals surface area contributed by atoms with E-state index in [2.05, 4.69) is 15.6 Å². The number of methoxy groups -OCH3 is 1. The van der Waals surface area contributed by atoms with Crippen molar-refractivity contribution in [2.24, 2.45) is 4.99 Å². The Bertz CT molecular complexity index is 926. The van der Waals surface area contributed by atoms with Crippen LogP contribution in [0.5, 0.6) is 5.75 Å². The molecule has 1 atom stereocenters. The van der Waals surface area contributed by atoms with Gasteiger partial charge in [0, 0.05) is 12.1 Å². The number of carbonyl (C=O) groups excluding carboxylic acids is 3. The molecule has 9 heteroatoms. The van der Waals surface area contributed by atoms with Crippen molar-refractivity contribution in [2.45, 2.75) is 11.7 Å². The molecule has 0 bridgehead atoms. The molecule has 0 unspecified atom stereocenters. The summed E-state index contributed by atoms with van der Waals surface area (Å²) in [5, 5.41) is 15.9. The zero-order valence-corrected chi connectivity index (χ0v) is 15.6. The number of hydrogen-bond donors (Lipinski definition) is 2. The normalized spacial score (nSPS) is 17.2. The van der Waals surface area contributed by atoms with Crippen LogP contribution in [0.2, 0.25) is 0 Å². The van der Waals surface area contributed by atoms with Gasteiger partial charge in [-0.2, -0.15) is 0 Å². The second kappa shape index (κ2) is 8.57. The molecule has 2 amide bonds. The van der Waals surface area contributed by atoms with Gasteiger partial charge in [0.2, 0.25) is 11.8 Å². The zero-order valence-electron chi connectivity index (χ0n) is 14.8. The number of carboxylic acid groups (broad SMARTS) is 1. The Balaban J connectivity index is 1.58. The van der Waals surface area contributed by atoms with Crippen LogP contribution >= 0.6 is 11.8 Å². The van der Waals surface area contributed by atoms with Gasteiger partial charge in [0.15, 0.2) is 5.17 Å². The van der Waals surface area contributed by atoms with Crippen molar-refractivity contribution in [3.8, 4) is 5.75 Å². The SMILES string of the molecule is COc1ccc(NC(=O)C[C@H]2SC(=Nc3ccc(C(=O)[O-])cc3)NC2=O)cc1. The van der Waals surface area contributed by atoms with Crippen molar-refractivity contribution in [1.29, 1.82) is 0 Å². The van der Waals surface area contributed by atoms with Crippen LogP contribution in [0.3, 0.4) is 0 Å². The fraction of sp³-hybridized carbons (Fsp3) is 0.158. The van der Waals surface area contributed by atoms with Crippen LogP contribution in [0, 0.1) is 0 Å². The highest BCUT2D eigenvalue weighted by Gasteiger charge is 2.32. The minimum Gasteiger partial charge on any atom is -0.545 e. The van der Waals surface area contributed by atoms with E-state index in [0.29, 0.717) is 22.3 Å². The van der Waals surface area contributed by atoms with Crippen molar-refractivity contribution in [3.63, 3.8) is 0 Å². The third kappa shape index (κ3) is 4.89. The summed E-state index contributed by atoms with van der Waals surface area (Å²) in [6.45, 7) is 0. The molecule has 0 saturated carbocycles. The van der Waals surface area contributed by atoms with E-state index in [-0.39, 0.29) is 23.8 Å². The number of carboxylic acids is 1. The Hall–Kier alpha value is -3.33. The van der Waals surface area contributed by atoms with E-state index in [1.54, 1.807) is 31.4 Å². The van der Waals surface area contributed by atoms with E-state index >= 15 is 0 Å². The summed E-state index contributed by atoms with van der Waals surface area (Å²) in [7, 11) is 1.56. The molecule has 0 aliphatic carbocycles. The van der Waals surface area contributed by atoms with Gasteiger partial charge < -0.3 is 25.3 Å². The van der Waals surface area contributed by atoms with Gasteiger partial charge in [-0.15, -0.1) is 0 Å². The van der Waals surface area contributed by atoms with Crippen LogP contribution < -0.4 is 20.5 Å². The molecule has 2 N–H and O–H groups in total. The lowest BCUT2D eigenvalue weighted by Gasteiger charge is -2.08. The Morgan fingerprint density at radius 2 is 1.86 bits per heavy atom. The maximum absolute atomic E-state index is 12.2. The number of anilines is 1. The summed E-state index contributed by atoms with van der Waals surface area (Å²) in [5.41, 5.74) is 1.13. The summed E-state index contributed by atoms with van der Waals surface area (Å²) < 4.78 is 5.06. The predicted octanol–water partition coefficient (Wildman–Crippen LogP) is 1.31. The summed E-state index contributed by atoms with van der Waals surface area (Å²) in [6.07, 6.45) is -0.00876. The van der Waals surface area contributed by atoms with E-state index in [0.717, 1.165) is 11.8 Å². The summed E-state index contributed by atoms with van der Waals surface area (Å²) in [6, 6.07) is 12.6. The Labute approximate surface area is 165 Å². The van der Waals surface area contributed by atoms with Crippen molar-refractivity contribution in [3.05, 3.63) is 54.1 Å². The number of benzene rings is 2. The lowest BCUT2D eigenvalue weighted by molar-refractivity contribution is -0.255. The number of rotatable bonds is 6. The first-order valence-corrected chi connectivity index (χ1v) is 9.14. The molecule has 28 heavy (non-hydrogen) atoms. The molecule has 144 valence electrons. The maximum Gasteiger partial charge on any atom is 0.240 e. The molecule has 8 nitrogen and oxygen atoms in total. The van der Waals surface area contributed by atoms with Crippen LogP contribution in [0.4, 0.5) is 11.4 Å². The minimum atomic E-state index is -1.27. The highest BCUT2D eigenvalue weighted by Crippen LogP contribution is 2.26. The molecule has 1 saturated heterocycles. The van der Waals surface area contributed by atoms with Gasteiger partial charge in [0.1, 0.15) is 11.0 Å². The van der Waals surface area contributed by atoms with Gasteiger partial charge in [-0.1, -0.05) is 23.9 Å². The number of ether oxygens (including phenoxy) is 1. The number of amidine groups is 1. The minimum absolute atomic E-state index is 0.00876. The van der Waals surface area contributed by atoms with E-state index in [1.807, 2.05) is 0 Å². The molecule has 3 rings (SSSR count). The number of aromatic carboxylic acids is 1. The molecule has 1 aliphatic rings. The topological polar surface area (TPSA) is 120 Å². The van der Waals surface area contributed by atoms with Gasteiger partial charge in [-0.05, 0) is 42.0 Å². The van der Waals surface area contributed by atoms with E-state index < -0.39 is 11.2 Å². The van der Waals surface area contributed by atoms with Gasteiger partial charge in [-0.25, -0.2) is 4.99 Å². The summed E-state index contributed by atoms with van der Waals surface area (Å²) in [5.74, 6) is -1.19. The first kappa shape index (κ1) is 19.4. The molecule has 1 aliphatic heterocycles. The molecular formula is C19H16N3O5S-. The van der Waals surface area contributed by atoms with Gasteiger partial charge in [0.05, 0.1) is 18.8 Å². The molecule has 1 heterocycles. The van der Waals surface area contributed by atoms with E-state index in [4.69, 9.17) is 4.74 Å².